The van der Waals surface area contributed by atoms with Crippen molar-refractivity contribution in [2.75, 3.05) is 6.54 Å². The molecule has 24 heavy (non-hydrogen) atoms. The first-order chi connectivity index (χ1) is 11.6. The molecule has 2 aliphatic heterocycles. The Bertz CT molecular complexity index is 675. The fourth-order valence-electron chi connectivity index (χ4n) is 5.08. The van der Waals surface area contributed by atoms with E-state index >= 15 is 0 Å². The van der Waals surface area contributed by atoms with Gasteiger partial charge in [0.25, 0.3) is 0 Å². The predicted octanol–water partition coefficient (Wildman–Crippen LogP) is 3.70. The van der Waals surface area contributed by atoms with E-state index in [4.69, 9.17) is 4.18 Å². The predicted molar refractivity (Wildman–Crippen MR) is 93.8 cm³/mol. The molecule has 0 bridgehead atoms. The van der Waals surface area contributed by atoms with Gasteiger partial charge in [-0.25, -0.2) is 0 Å². The molecule has 5 atom stereocenters. The third-order valence-corrected chi connectivity index (χ3v) is 7.94. The quantitative estimate of drug-likeness (QED) is 0.818. The van der Waals surface area contributed by atoms with Gasteiger partial charge in [0.15, 0.2) is 0 Å². The van der Waals surface area contributed by atoms with Crippen LogP contribution in [0.25, 0.3) is 0 Å². The van der Waals surface area contributed by atoms with E-state index in [0.29, 0.717) is 24.3 Å². The second kappa shape index (κ2) is 6.43. The Morgan fingerprint density at radius 2 is 1.88 bits per heavy atom. The molecule has 0 N–H and O–H groups in total. The lowest BCUT2D eigenvalue weighted by molar-refractivity contribution is 0.0773. The van der Waals surface area contributed by atoms with Crippen LogP contribution in [-0.4, -0.2) is 31.4 Å². The molecule has 1 aromatic carbocycles. The van der Waals surface area contributed by atoms with Crippen molar-refractivity contribution in [2.45, 2.75) is 63.5 Å². The molecule has 5 heteroatoms. The highest BCUT2D eigenvalue weighted by Gasteiger charge is 2.51. The molecule has 1 saturated carbocycles. The smallest absolute Gasteiger partial charge is 0.253 e. The van der Waals surface area contributed by atoms with Crippen LogP contribution in [-0.2, 0) is 14.5 Å². The maximum atomic E-state index is 12.5. The lowest BCUT2D eigenvalue weighted by Gasteiger charge is -2.39. The minimum Gasteiger partial charge on any atom is -0.253 e. The minimum absolute atomic E-state index is 0.0942. The standard InChI is InChI=1S/C19H27NO3S/c1-14(15-6-3-2-4-7-15)16-10-11-17-8-5-9-18-19(17)20(13-12-16)24(21,22)23-18/h2-4,6-7,14,16-19H,5,8-13H2,1H3. The van der Waals surface area contributed by atoms with Crippen molar-refractivity contribution in [2.24, 2.45) is 11.8 Å². The lowest BCUT2D eigenvalue weighted by Crippen LogP contribution is -2.47. The minimum atomic E-state index is -3.52. The molecule has 2 saturated heterocycles. The Hall–Kier alpha value is -0.910. The van der Waals surface area contributed by atoms with E-state index in [0.717, 1.165) is 32.1 Å². The van der Waals surface area contributed by atoms with Crippen molar-refractivity contribution in [3.8, 4) is 0 Å². The zero-order valence-corrected chi connectivity index (χ0v) is 15.1. The van der Waals surface area contributed by atoms with Crippen molar-refractivity contribution >= 4 is 10.3 Å². The summed E-state index contributed by atoms with van der Waals surface area (Å²) in [6.07, 6.45) is 6.26. The van der Waals surface area contributed by atoms with Gasteiger partial charge in [0.05, 0.1) is 12.1 Å². The summed E-state index contributed by atoms with van der Waals surface area (Å²) in [7, 11) is -3.52. The van der Waals surface area contributed by atoms with Crippen LogP contribution in [0.2, 0.25) is 0 Å². The monoisotopic (exact) mass is 349 g/mol. The average Bonchev–Trinajstić information content (AvgIpc) is 2.82. The SMILES string of the molecule is CC(c1ccccc1)C1CCC2CCCC3OS(=O)(=O)N(CC1)C23. The molecule has 0 spiro atoms. The molecule has 5 unspecified atom stereocenters. The van der Waals surface area contributed by atoms with Gasteiger partial charge < -0.3 is 0 Å². The van der Waals surface area contributed by atoms with Crippen molar-refractivity contribution in [1.29, 1.82) is 0 Å². The van der Waals surface area contributed by atoms with E-state index in [-0.39, 0.29) is 12.1 Å². The highest BCUT2D eigenvalue weighted by molar-refractivity contribution is 7.84. The first-order valence-electron chi connectivity index (χ1n) is 9.31. The van der Waals surface area contributed by atoms with Gasteiger partial charge in [0, 0.05) is 6.54 Å². The summed E-state index contributed by atoms with van der Waals surface area (Å²) in [4.78, 5) is 0. The molecule has 0 radical (unpaired) electrons. The summed E-state index contributed by atoms with van der Waals surface area (Å²) in [6, 6.07) is 10.7. The molecule has 132 valence electrons. The topological polar surface area (TPSA) is 46.6 Å². The molecular formula is C19H27NO3S. The van der Waals surface area contributed by atoms with Crippen molar-refractivity contribution in [3.05, 3.63) is 35.9 Å². The number of benzene rings is 1. The van der Waals surface area contributed by atoms with Crippen LogP contribution < -0.4 is 0 Å². The summed E-state index contributed by atoms with van der Waals surface area (Å²) >= 11 is 0. The molecular weight excluding hydrogens is 322 g/mol. The Balaban J connectivity index is 1.56. The molecule has 1 aliphatic carbocycles. The second-order valence-electron chi connectivity index (χ2n) is 7.71. The zero-order valence-electron chi connectivity index (χ0n) is 14.3. The van der Waals surface area contributed by atoms with E-state index < -0.39 is 10.3 Å². The van der Waals surface area contributed by atoms with Gasteiger partial charge >= 0.3 is 10.3 Å². The first-order valence-corrected chi connectivity index (χ1v) is 10.7. The summed E-state index contributed by atoms with van der Waals surface area (Å²) in [5.41, 5.74) is 1.36. The van der Waals surface area contributed by atoms with Crippen LogP contribution >= 0.6 is 0 Å². The summed E-state index contributed by atoms with van der Waals surface area (Å²) in [6.45, 7) is 2.90. The molecule has 4 nitrogen and oxygen atoms in total. The van der Waals surface area contributed by atoms with Gasteiger partial charge in [-0.2, -0.15) is 12.7 Å². The summed E-state index contributed by atoms with van der Waals surface area (Å²) in [5, 5.41) is 0. The first kappa shape index (κ1) is 16.6. The highest BCUT2D eigenvalue weighted by Crippen LogP contribution is 2.44. The molecule has 3 fully saturated rings. The van der Waals surface area contributed by atoms with Crippen LogP contribution in [0.3, 0.4) is 0 Å². The zero-order chi connectivity index (χ0) is 16.7. The van der Waals surface area contributed by atoms with E-state index in [1.165, 1.54) is 12.0 Å². The van der Waals surface area contributed by atoms with E-state index in [1.54, 1.807) is 4.31 Å². The third-order valence-electron chi connectivity index (χ3n) is 6.45. The van der Waals surface area contributed by atoms with Gasteiger partial charge in [0.1, 0.15) is 0 Å². The number of hydrogen-bond acceptors (Lipinski definition) is 3. The fraction of sp³-hybridized carbons (Fsp3) is 0.684. The number of nitrogens with zero attached hydrogens (tertiary/aromatic N) is 1. The largest absolute Gasteiger partial charge is 0.339 e. The average molecular weight is 349 g/mol. The van der Waals surface area contributed by atoms with Gasteiger partial charge in [-0.3, -0.25) is 4.18 Å². The van der Waals surface area contributed by atoms with Gasteiger partial charge in [-0.05, 0) is 55.4 Å². The molecule has 3 aliphatic rings. The Kier molecular flexibility index (Phi) is 4.43. The maximum Gasteiger partial charge on any atom is 0.339 e. The lowest BCUT2D eigenvalue weighted by atomic mass is 9.74. The Morgan fingerprint density at radius 3 is 2.67 bits per heavy atom. The van der Waals surface area contributed by atoms with Gasteiger partial charge in [-0.1, -0.05) is 43.7 Å². The van der Waals surface area contributed by atoms with Crippen LogP contribution in [0, 0.1) is 11.8 Å². The highest BCUT2D eigenvalue weighted by atomic mass is 32.2. The molecule has 1 aromatic rings. The van der Waals surface area contributed by atoms with Crippen LogP contribution in [0.5, 0.6) is 0 Å². The van der Waals surface area contributed by atoms with E-state index in [1.807, 2.05) is 0 Å². The summed E-state index contributed by atoms with van der Waals surface area (Å²) < 4.78 is 32.1. The second-order valence-corrected chi connectivity index (χ2v) is 9.23. The summed E-state index contributed by atoms with van der Waals surface area (Å²) in [5.74, 6) is 1.46. The third kappa shape index (κ3) is 2.91. The Morgan fingerprint density at radius 1 is 1.08 bits per heavy atom. The number of rotatable bonds is 2. The normalized spacial score (nSPS) is 37.2. The molecule has 2 heterocycles. The van der Waals surface area contributed by atoms with E-state index in [2.05, 4.69) is 37.3 Å². The fourth-order valence-corrected chi connectivity index (χ4v) is 6.65. The molecule has 4 rings (SSSR count). The van der Waals surface area contributed by atoms with Crippen LogP contribution in [0.4, 0.5) is 0 Å². The maximum absolute atomic E-state index is 12.5. The van der Waals surface area contributed by atoms with E-state index in [9.17, 15) is 8.42 Å². The van der Waals surface area contributed by atoms with Crippen molar-refractivity contribution in [3.63, 3.8) is 0 Å². The van der Waals surface area contributed by atoms with Crippen molar-refractivity contribution in [1.82, 2.24) is 4.31 Å². The number of hydrogen-bond donors (Lipinski definition) is 0. The Labute approximate surface area is 145 Å². The van der Waals surface area contributed by atoms with Gasteiger partial charge in [-0.15, -0.1) is 0 Å². The molecule has 0 aromatic heterocycles. The van der Waals surface area contributed by atoms with Crippen LogP contribution in [0.1, 0.15) is 56.9 Å². The van der Waals surface area contributed by atoms with Crippen molar-refractivity contribution < 1.29 is 12.6 Å². The van der Waals surface area contributed by atoms with Crippen LogP contribution in [0.15, 0.2) is 30.3 Å². The molecule has 0 amide bonds. The van der Waals surface area contributed by atoms with Gasteiger partial charge in [0.2, 0.25) is 0 Å².